The molecule has 0 spiro atoms. The summed E-state index contributed by atoms with van der Waals surface area (Å²) in [5.74, 6) is 0.283. The van der Waals surface area contributed by atoms with Gasteiger partial charge in [0.2, 0.25) is 11.6 Å². The maximum atomic E-state index is 11.7. The summed E-state index contributed by atoms with van der Waals surface area (Å²) in [7, 11) is 0. The van der Waals surface area contributed by atoms with Crippen LogP contribution in [-0.4, -0.2) is 14.9 Å². The molecule has 0 atom stereocenters. The minimum absolute atomic E-state index is 0.138. The van der Waals surface area contributed by atoms with E-state index in [1.54, 1.807) is 0 Å². The van der Waals surface area contributed by atoms with Crippen LogP contribution < -0.4 is 10.6 Å². The topological polar surface area (TPSA) is 93.0 Å². The summed E-state index contributed by atoms with van der Waals surface area (Å²) in [4.78, 5) is 19.3. The summed E-state index contributed by atoms with van der Waals surface area (Å²) in [6.07, 6.45) is 1.30. The molecule has 1 aromatic heterocycles. The SMILES string of the molecule is Cc1cccc(Nc2ncnc(Nc3ccc(I)cc3)c2[N+](=O)[O-])c1C. The second kappa shape index (κ2) is 7.65. The molecule has 0 amide bonds. The van der Waals surface area contributed by atoms with Crippen LogP contribution in [-0.2, 0) is 0 Å². The number of nitrogens with one attached hydrogen (secondary N) is 2. The minimum atomic E-state index is -0.484. The lowest BCUT2D eigenvalue weighted by Gasteiger charge is -2.12. The van der Waals surface area contributed by atoms with Gasteiger partial charge >= 0.3 is 5.69 Å². The largest absolute Gasteiger partial charge is 0.353 e. The molecular formula is C18H16IN5O2. The van der Waals surface area contributed by atoms with Gasteiger partial charge in [0, 0.05) is 14.9 Å². The Hall–Kier alpha value is -2.75. The zero-order chi connectivity index (χ0) is 18.7. The van der Waals surface area contributed by atoms with Crippen molar-refractivity contribution in [3.05, 3.63) is 73.6 Å². The molecule has 0 saturated heterocycles. The van der Waals surface area contributed by atoms with Crippen molar-refractivity contribution in [3.63, 3.8) is 0 Å². The zero-order valence-corrected chi connectivity index (χ0v) is 16.3. The number of nitrogens with zero attached hydrogens (tertiary/aromatic N) is 3. The summed E-state index contributed by atoms with van der Waals surface area (Å²) in [6, 6.07) is 13.2. The number of anilines is 4. The second-order valence-corrected chi connectivity index (χ2v) is 6.93. The first kappa shape index (κ1) is 18.1. The number of rotatable bonds is 5. The normalized spacial score (nSPS) is 10.4. The maximum Gasteiger partial charge on any atom is 0.353 e. The lowest BCUT2D eigenvalue weighted by Crippen LogP contribution is -2.06. The van der Waals surface area contributed by atoms with E-state index in [4.69, 9.17) is 0 Å². The van der Waals surface area contributed by atoms with Gasteiger partial charge in [-0.2, -0.15) is 0 Å². The van der Waals surface area contributed by atoms with E-state index in [9.17, 15) is 10.1 Å². The van der Waals surface area contributed by atoms with Crippen LogP contribution in [0.3, 0.4) is 0 Å². The van der Waals surface area contributed by atoms with E-state index in [1.807, 2.05) is 56.3 Å². The summed E-state index contributed by atoms with van der Waals surface area (Å²) < 4.78 is 1.07. The fourth-order valence-electron chi connectivity index (χ4n) is 2.42. The van der Waals surface area contributed by atoms with E-state index in [0.29, 0.717) is 5.69 Å². The zero-order valence-electron chi connectivity index (χ0n) is 14.2. The van der Waals surface area contributed by atoms with Gasteiger partial charge in [0.05, 0.1) is 4.92 Å². The fraction of sp³-hybridized carbons (Fsp3) is 0.111. The maximum absolute atomic E-state index is 11.7. The Balaban J connectivity index is 1.99. The predicted molar refractivity (Wildman–Crippen MR) is 110 cm³/mol. The molecule has 0 fully saturated rings. The minimum Gasteiger partial charge on any atom is -0.334 e. The lowest BCUT2D eigenvalue weighted by atomic mass is 10.1. The van der Waals surface area contributed by atoms with Crippen molar-refractivity contribution < 1.29 is 4.92 Å². The average molecular weight is 461 g/mol. The molecule has 0 aliphatic heterocycles. The monoisotopic (exact) mass is 461 g/mol. The van der Waals surface area contributed by atoms with Crippen molar-refractivity contribution in [1.82, 2.24) is 9.97 Å². The summed E-state index contributed by atoms with van der Waals surface area (Å²) in [5, 5.41) is 17.7. The molecule has 0 unspecified atom stereocenters. The van der Waals surface area contributed by atoms with Gasteiger partial charge in [-0.3, -0.25) is 10.1 Å². The van der Waals surface area contributed by atoms with Crippen LogP contribution in [0.1, 0.15) is 11.1 Å². The highest BCUT2D eigenvalue weighted by Crippen LogP contribution is 2.34. The Kier molecular flexibility index (Phi) is 5.31. The molecule has 0 aliphatic carbocycles. The molecule has 2 aromatic carbocycles. The quantitative estimate of drug-likeness (QED) is 0.312. The molecule has 3 aromatic rings. The Morgan fingerprint density at radius 3 is 2.31 bits per heavy atom. The van der Waals surface area contributed by atoms with Gasteiger partial charge in [-0.05, 0) is 77.9 Å². The van der Waals surface area contributed by atoms with Crippen molar-refractivity contribution in [2.24, 2.45) is 0 Å². The van der Waals surface area contributed by atoms with Crippen LogP contribution in [0.4, 0.5) is 28.7 Å². The van der Waals surface area contributed by atoms with Crippen LogP contribution in [0.15, 0.2) is 48.8 Å². The molecule has 2 N–H and O–H groups in total. The van der Waals surface area contributed by atoms with Crippen LogP contribution in [0, 0.1) is 27.5 Å². The van der Waals surface area contributed by atoms with Crippen LogP contribution in [0.2, 0.25) is 0 Å². The number of halogens is 1. The number of nitro groups is 1. The standard InChI is InChI=1S/C18H16IN5O2/c1-11-4-3-5-15(12(11)2)23-18-16(24(25)26)17(20-10-21-18)22-14-8-6-13(19)7-9-14/h3-10H,1-2H3,(H2,20,21,22,23). The van der Waals surface area contributed by atoms with Gasteiger partial charge in [-0.15, -0.1) is 0 Å². The molecule has 1 heterocycles. The highest BCUT2D eigenvalue weighted by molar-refractivity contribution is 14.1. The number of benzene rings is 2. The Bertz CT molecular complexity index is 960. The first-order chi connectivity index (χ1) is 12.5. The summed E-state index contributed by atoms with van der Waals surface area (Å²) in [6.45, 7) is 3.94. The highest BCUT2D eigenvalue weighted by atomic mass is 127. The third-order valence-corrected chi connectivity index (χ3v) is 4.69. The summed E-state index contributed by atoms with van der Waals surface area (Å²) >= 11 is 2.20. The molecular weight excluding hydrogens is 445 g/mol. The Morgan fingerprint density at radius 1 is 1.00 bits per heavy atom. The van der Waals surface area contributed by atoms with Gasteiger partial charge < -0.3 is 10.6 Å². The van der Waals surface area contributed by atoms with E-state index in [1.165, 1.54) is 6.33 Å². The predicted octanol–water partition coefficient (Wildman–Crippen LogP) is 5.09. The second-order valence-electron chi connectivity index (χ2n) is 5.68. The molecule has 7 nitrogen and oxygen atoms in total. The van der Waals surface area contributed by atoms with Gasteiger partial charge in [0.1, 0.15) is 6.33 Å². The molecule has 0 aliphatic rings. The highest BCUT2D eigenvalue weighted by Gasteiger charge is 2.23. The van der Waals surface area contributed by atoms with E-state index in [0.717, 1.165) is 20.4 Å². The van der Waals surface area contributed by atoms with Crippen molar-refractivity contribution in [2.75, 3.05) is 10.6 Å². The number of aromatic nitrogens is 2. The van der Waals surface area contributed by atoms with E-state index >= 15 is 0 Å². The first-order valence-electron chi connectivity index (χ1n) is 7.81. The lowest BCUT2D eigenvalue weighted by molar-refractivity contribution is -0.383. The molecule has 0 radical (unpaired) electrons. The third kappa shape index (κ3) is 3.90. The average Bonchev–Trinajstić information content (AvgIpc) is 2.61. The molecule has 8 heteroatoms. The van der Waals surface area contributed by atoms with Crippen LogP contribution in [0.5, 0.6) is 0 Å². The third-order valence-electron chi connectivity index (χ3n) is 3.97. The van der Waals surface area contributed by atoms with Gasteiger partial charge in [0.15, 0.2) is 0 Å². The number of aryl methyl sites for hydroxylation is 1. The Morgan fingerprint density at radius 2 is 1.65 bits per heavy atom. The van der Waals surface area contributed by atoms with Gasteiger partial charge in [-0.25, -0.2) is 9.97 Å². The van der Waals surface area contributed by atoms with Crippen molar-refractivity contribution >= 4 is 51.3 Å². The molecule has 26 heavy (non-hydrogen) atoms. The van der Waals surface area contributed by atoms with Crippen LogP contribution in [0.25, 0.3) is 0 Å². The van der Waals surface area contributed by atoms with Crippen molar-refractivity contribution in [1.29, 1.82) is 0 Å². The fourth-order valence-corrected chi connectivity index (χ4v) is 2.78. The molecule has 3 rings (SSSR count). The molecule has 132 valence electrons. The molecule has 0 saturated carbocycles. The number of hydrogen-bond acceptors (Lipinski definition) is 6. The number of hydrogen-bond donors (Lipinski definition) is 2. The van der Waals surface area contributed by atoms with Crippen molar-refractivity contribution in [3.8, 4) is 0 Å². The Labute approximate surface area is 164 Å². The van der Waals surface area contributed by atoms with E-state index in [2.05, 4.69) is 43.2 Å². The van der Waals surface area contributed by atoms with E-state index < -0.39 is 4.92 Å². The smallest absolute Gasteiger partial charge is 0.334 e. The van der Waals surface area contributed by atoms with E-state index in [-0.39, 0.29) is 17.3 Å². The van der Waals surface area contributed by atoms with Crippen molar-refractivity contribution in [2.45, 2.75) is 13.8 Å². The first-order valence-corrected chi connectivity index (χ1v) is 8.89. The van der Waals surface area contributed by atoms with Gasteiger partial charge in [0.25, 0.3) is 0 Å². The van der Waals surface area contributed by atoms with Gasteiger partial charge in [-0.1, -0.05) is 12.1 Å². The molecule has 0 bridgehead atoms. The van der Waals surface area contributed by atoms with Crippen LogP contribution >= 0.6 is 22.6 Å². The summed E-state index contributed by atoms with van der Waals surface area (Å²) in [5.41, 5.74) is 3.38.